The average Bonchev–Trinajstić information content (AvgIpc) is 3.49. The van der Waals surface area contributed by atoms with Crippen LogP contribution in [0.25, 0.3) is 11.1 Å². The van der Waals surface area contributed by atoms with Crippen molar-refractivity contribution in [2.24, 2.45) is 11.8 Å². The van der Waals surface area contributed by atoms with E-state index in [0.29, 0.717) is 13.0 Å². The Morgan fingerprint density at radius 3 is 3.14 bits per heavy atom. The molecule has 1 saturated heterocycles. The lowest BCUT2D eigenvalue weighted by Crippen LogP contribution is -2.18. The summed E-state index contributed by atoms with van der Waals surface area (Å²) in [6.45, 7) is 0.563. The number of ether oxygens (including phenoxy) is 3. The van der Waals surface area contributed by atoms with Crippen molar-refractivity contribution in [3.8, 4) is 11.1 Å². The van der Waals surface area contributed by atoms with E-state index >= 15 is 0 Å². The van der Waals surface area contributed by atoms with Gasteiger partial charge in [0.15, 0.2) is 0 Å². The second-order valence-corrected chi connectivity index (χ2v) is 7.85. The van der Waals surface area contributed by atoms with Gasteiger partial charge in [-0.3, -0.25) is 9.89 Å². The van der Waals surface area contributed by atoms with Crippen LogP contribution in [-0.4, -0.2) is 29.9 Å². The molecule has 0 bridgehead atoms. The third-order valence-electron chi connectivity index (χ3n) is 6.22. The highest BCUT2D eigenvalue weighted by molar-refractivity contribution is 5.70. The molecule has 5 rings (SSSR count). The molecule has 6 heteroatoms. The van der Waals surface area contributed by atoms with Crippen LogP contribution >= 0.6 is 0 Å². The van der Waals surface area contributed by atoms with Gasteiger partial charge in [-0.2, -0.15) is 5.10 Å². The maximum atomic E-state index is 11.6. The van der Waals surface area contributed by atoms with E-state index in [9.17, 15) is 4.79 Å². The van der Waals surface area contributed by atoms with Crippen LogP contribution in [0.3, 0.4) is 0 Å². The zero-order valence-corrected chi connectivity index (χ0v) is 16.4. The summed E-state index contributed by atoms with van der Waals surface area (Å²) in [5.41, 5.74) is 4.93. The maximum absolute atomic E-state index is 11.6. The summed E-state index contributed by atoms with van der Waals surface area (Å²) in [7, 11) is 1.43. The van der Waals surface area contributed by atoms with Gasteiger partial charge < -0.3 is 14.2 Å². The molecule has 0 amide bonds. The average molecular weight is 392 g/mol. The van der Waals surface area contributed by atoms with Crippen LogP contribution in [0.15, 0.2) is 54.3 Å². The summed E-state index contributed by atoms with van der Waals surface area (Å²) in [6, 6.07) is 6.39. The molecular formula is C23H24N2O4. The van der Waals surface area contributed by atoms with Gasteiger partial charge in [0.2, 0.25) is 0 Å². The Morgan fingerprint density at radius 1 is 1.38 bits per heavy atom. The fourth-order valence-corrected chi connectivity index (χ4v) is 4.71. The lowest BCUT2D eigenvalue weighted by molar-refractivity contribution is -0.142. The summed E-state index contributed by atoms with van der Waals surface area (Å²) in [5, 5.41) is 6.98. The molecule has 2 aliphatic carbocycles. The van der Waals surface area contributed by atoms with E-state index in [-0.39, 0.29) is 23.9 Å². The van der Waals surface area contributed by atoms with Crippen LogP contribution in [0, 0.1) is 11.8 Å². The first-order chi connectivity index (χ1) is 14.2. The van der Waals surface area contributed by atoms with Crippen LogP contribution in [-0.2, 0) is 25.4 Å². The minimum atomic E-state index is -0.179. The molecule has 1 aromatic heterocycles. The number of esters is 1. The largest absolute Gasteiger partial charge is 0.497 e. The fourth-order valence-electron chi connectivity index (χ4n) is 4.71. The number of allylic oxidation sites excluding steroid dienone is 3. The van der Waals surface area contributed by atoms with Crippen LogP contribution in [0.1, 0.15) is 36.5 Å². The molecule has 1 fully saturated rings. The Bertz CT molecular complexity index is 977. The normalized spacial score (nSPS) is 24.8. The Balaban J connectivity index is 1.30. The maximum Gasteiger partial charge on any atom is 0.305 e. The SMILES string of the molecule is COC(=O)CC1COC2=CC(O[C@@H]3CCc4c(-c5cn[nH]c5)cccc43)=CCC21. The zero-order chi connectivity index (χ0) is 19.8. The Kier molecular flexibility index (Phi) is 4.62. The molecule has 0 saturated carbocycles. The molecule has 3 aliphatic rings. The molecule has 1 N–H and O–H groups in total. The molecule has 1 aromatic carbocycles. The molecule has 0 radical (unpaired) electrons. The molecule has 2 heterocycles. The molecule has 3 atom stereocenters. The van der Waals surface area contributed by atoms with Crippen molar-refractivity contribution < 1.29 is 19.0 Å². The quantitative estimate of drug-likeness (QED) is 0.777. The van der Waals surface area contributed by atoms with Crippen LogP contribution in [0.5, 0.6) is 0 Å². The number of nitrogens with zero attached hydrogens (tertiary/aromatic N) is 1. The molecule has 1 aliphatic heterocycles. The lowest BCUT2D eigenvalue weighted by atomic mass is 9.86. The fraction of sp³-hybridized carbons (Fsp3) is 0.391. The number of carbonyl (C=O) groups excluding carboxylic acids is 1. The van der Waals surface area contributed by atoms with Gasteiger partial charge >= 0.3 is 5.97 Å². The number of hydrogen-bond donors (Lipinski definition) is 1. The van der Waals surface area contributed by atoms with Gasteiger partial charge in [-0.1, -0.05) is 18.2 Å². The summed E-state index contributed by atoms with van der Waals surface area (Å²) in [6.07, 6.45) is 11.1. The Hall–Kier alpha value is -3.02. The van der Waals surface area contributed by atoms with E-state index in [4.69, 9.17) is 14.2 Å². The predicted octanol–water partition coefficient (Wildman–Crippen LogP) is 4.08. The summed E-state index contributed by atoms with van der Waals surface area (Å²) in [5.74, 6) is 2.03. The van der Waals surface area contributed by atoms with Gasteiger partial charge in [0.1, 0.15) is 17.6 Å². The Labute approximate surface area is 169 Å². The first kappa shape index (κ1) is 18.0. The number of benzene rings is 1. The predicted molar refractivity (Wildman–Crippen MR) is 107 cm³/mol. The van der Waals surface area contributed by atoms with Gasteiger partial charge in [0.25, 0.3) is 0 Å². The molecule has 150 valence electrons. The van der Waals surface area contributed by atoms with Crippen molar-refractivity contribution in [3.63, 3.8) is 0 Å². The molecule has 2 unspecified atom stereocenters. The van der Waals surface area contributed by atoms with Crippen molar-refractivity contribution in [3.05, 3.63) is 65.4 Å². The highest BCUT2D eigenvalue weighted by Crippen LogP contribution is 2.43. The number of fused-ring (bicyclic) bond motifs is 2. The van der Waals surface area contributed by atoms with E-state index in [1.54, 1.807) is 0 Å². The topological polar surface area (TPSA) is 73.4 Å². The summed E-state index contributed by atoms with van der Waals surface area (Å²) >= 11 is 0. The standard InChI is InChI=1S/C23H24N2O4/c1-27-23(26)9-14-13-28-22-10-16(5-6-18(14)22)29-21-8-7-19-17(3-2-4-20(19)21)15-11-24-25-12-15/h2-5,10-12,14,18,21H,6-9,13H2,1H3,(H,24,25)/t14?,18?,21-/m1/s1. The van der Waals surface area contributed by atoms with Gasteiger partial charge in [0.05, 0.1) is 26.3 Å². The second-order valence-electron chi connectivity index (χ2n) is 7.85. The first-order valence-corrected chi connectivity index (χ1v) is 10.1. The molecule has 6 nitrogen and oxygen atoms in total. The smallest absolute Gasteiger partial charge is 0.305 e. The van der Waals surface area contributed by atoms with Crippen LogP contribution in [0.4, 0.5) is 0 Å². The first-order valence-electron chi connectivity index (χ1n) is 10.1. The van der Waals surface area contributed by atoms with E-state index < -0.39 is 0 Å². The molecule has 2 aromatic rings. The molecule has 29 heavy (non-hydrogen) atoms. The van der Waals surface area contributed by atoms with E-state index in [0.717, 1.165) is 36.3 Å². The number of carbonyl (C=O) groups is 1. The van der Waals surface area contributed by atoms with Crippen molar-refractivity contribution in [2.75, 3.05) is 13.7 Å². The van der Waals surface area contributed by atoms with Crippen LogP contribution in [0.2, 0.25) is 0 Å². The van der Waals surface area contributed by atoms with Gasteiger partial charge in [-0.15, -0.1) is 0 Å². The number of hydrogen-bond acceptors (Lipinski definition) is 5. The zero-order valence-electron chi connectivity index (χ0n) is 16.4. The van der Waals surface area contributed by atoms with Gasteiger partial charge in [0, 0.05) is 29.7 Å². The van der Waals surface area contributed by atoms with E-state index in [1.807, 2.05) is 18.5 Å². The van der Waals surface area contributed by atoms with Gasteiger partial charge in [-0.25, -0.2) is 0 Å². The van der Waals surface area contributed by atoms with Crippen molar-refractivity contribution >= 4 is 5.97 Å². The lowest BCUT2D eigenvalue weighted by Gasteiger charge is -2.22. The van der Waals surface area contributed by atoms with Crippen molar-refractivity contribution in [1.82, 2.24) is 10.2 Å². The number of aromatic nitrogens is 2. The third-order valence-corrected chi connectivity index (χ3v) is 6.22. The molecule has 0 spiro atoms. The molecular weight excluding hydrogens is 368 g/mol. The third kappa shape index (κ3) is 3.33. The summed E-state index contributed by atoms with van der Waals surface area (Å²) in [4.78, 5) is 11.6. The second kappa shape index (κ2) is 7.43. The number of H-pyrrole nitrogens is 1. The van der Waals surface area contributed by atoms with Crippen molar-refractivity contribution in [1.29, 1.82) is 0 Å². The number of rotatable bonds is 5. The van der Waals surface area contributed by atoms with E-state index in [2.05, 4.69) is 34.5 Å². The minimum Gasteiger partial charge on any atom is -0.497 e. The number of methoxy groups -OCH3 is 1. The number of nitrogens with one attached hydrogen (secondary N) is 1. The van der Waals surface area contributed by atoms with Gasteiger partial charge in [-0.05, 0) is 42.0 Å². The van der Waals surface area contributed by atoms with E-state index in [1.165, 1.54) is 23.8 Å². The number of aromatic amines is 1. The highest BCUT2D eigenvalue weighted by atomic mass is 16.5. The Morgan fingerprint density at radius 2 is 2.31 bits per heavy atom. The highest BCUT2D eigenvalue weighted by Gasteiger charge is 2.37. The van der Waals surface area contributed by atoms with Crippen LogP contribution < -0.4 is 0 Å². The summed E-state index contributed by atoms with van der Waals surface area (Å²) < 4.78 is 17.1. The van der Waals surface area contributed by atoms with Crippen molar-refractivity contribution in [2.45, 2.75) is 31.8 Å². The monoisotopic (exact) mass is 392 g/mol. The minimum absolute atomic E-state index is 0.0452.